The van der Waals surface area contributed by atoms with Gasteiger partial charge in [-0.2, -0.15) is 5.26 Å². The van der Waals surface area contributed by atoms with E-state index >= 15 is 0 Å². The number of fused-ring (bicyclic) bond motifs is 1. The minimum absolute atomic E-state index is 0.196. The van der Waals surface area contributed by atoms with E-state index in [4.69, 9.17) is 0 Å². The van der Waals surface area contributed by atoms with Crippen molar-refractivity contribution in [1.29, 1.82) is 5.26 Å². The van der Waals surface area contributed by atoms with Crippen LogP contribution in [0.15, 0.2) is 30.3 Å². The van der Waals surface area contributed by atoms with E-state index in [1.807, 2.05) is 31.2 Å². The molecule has 1 N–H and O–H groups in total. The second kappa shape index (κ2) is 7.02. The molecule has 1 aliphatic rings. The average molecular weight is 336 g/mol. The Kier molecular flexibility index (Phi) is 4.82. The van der Waals surface area contributed by atoms with Crippen molar-refractivity contribution in [1.82, 2.24) is 0 Å². The van der Waals surface area contributed by atoms with Crippen LogP contribution in [0, 0.1) is 24.2 Å². The lowest BCUT2D eigenvalue weighted by Crippen LogP contribution is -2.10. The predicted octanol–water partition coefficient (Wildman–Crippen LogP) is 4.70. The summed E-state index contributed by atoms with van der Waals surface area (Å²) < 4.78 is 0. The third-order valence-corrected chi connectivity index (χ3v) is 5.53. The highest BCUT2D eigenvalue weighted by Gasteiger charge is 2.24. The first kappa shape index (κ1) is 16.5. The van der Waals surface area contributed by atoms with Gasteiger partial charge in [-0.15, -0.1) is 11.3 Å². The largest absolute Gasteiger partial charge is 0.313 e. The molecule has 0 spiro atoms. The highest BCUT2D eigenvalue weighted by molar-refractivity contribution is 7.16. The third-order valence-electron chi connectivity index (χ3n) is 4.36. The Labute approximate surface area is 146 Å². The Morgan fingerprint density at radius 2 is 2.12 bits per heavy atom. The number of rotatable bonds is 3. The van der Waals surface area contributed by atoms with Crippen molar-refractivity contribution in [2.45, 2.75) is 33.1 Å². The quantitative estimate of drug-likeness (QED) is 0.826. The molecule has 1 heterocycles. The van der Waals surface area contributed by atoms with Crippen molar-refractivity contribution >= 4 is 28.3 Å². The first-order valence-corrected chi connectivity index (χ1v) is 8.99. The van der Waals surface area contributed by atoms with E-state index in [1.165, 1.54) is 16.5 Å². The van der Waals surface area contributed by atoms with E-state index in [2.05, 4.69) is 18.3 Å². The topological polar surface area (TPSA) is 52.9 Å². The van der Waals surface area contributed by atoms with E-state index < -0.39 is 0 Å². The number of aryl methyl sites for hydroxylation is 1. The number of anilines is 1. The summed E-state index contributed by atoms with van der Waals surface area (Å²) in [5, 5.41) is 13.0. The van der Waals surface area contributed by atoms with Crippen LogP contribution in [0.2, 0.25) is 0 Å². The first-order valence-electron chi connectivity index (χ1n) is 8.17. The van der Waals surface area contributed by atoms with Gasteiger partial charge in [-0.25, -0.2) is 0 Å². The Bertz CT molecular complexity index is 825. The lowest BCUT2D eigenvalue weighted by atomic mass is 9.89. The number of hydrogen-bond donors (Lipinski definition) is 1. The van der Waals surface area contributed by atoms with Crippen LogP contribution in [-0.4, -0.2) is 5.91 Å². The summed E-state index contributed by atoms with van der Waals surface area (Å²) in [4.78, 5) is 13.5. The van der Waals surface area contributed by atoms with Crippen molar-refractivity contribution < 1.29 is 4.79 Å². The Balaban J connectivity index is 1.75. The molecule has 0 fully saturated rings. The molecule has 1 atom stereocenters. The van der Waals surface area contributed by atoms with E-state index in [-0.39, 0.29) is 5.91 Å². The van der Waals surface area contributed by atoms with Crippen LogP contribution < -0.4 is 5.32 Å². The normalized spacial score (nSPS) is 16.6. The molecular formula is C20H20N2OS. The maximum atomic E-state index is 12.2. The maximum Gasteiger partial charge on any atom is 0.249 e. The van der Waals surface area contributed by atoms with E-state index in [1.54, 1.807) is 17.4 Å². The zero-order valence-corrected chi connectivity index (χ0v) is 14.7. The number of nitriles is 1. The fourth-order valence-corrected chi connectivity index (χ4v) is 4.32. The summed E-state index contributed by atoms with van der Waals surface area (Å²) >= 11 is 1.55. The summed E-state index contributed by atoms with van der Waals surface area (Å²) in [6, 6.07) is 10.3. The smallest absolute Gasteiger partial charge is 0.249 e. The lowest BCUT2D eigenvalue weighted by Gasteiger charge is -2.17. The number of benzene rings is 1. The molecule has 0 aliphatic heterocycles. The fourth-order valence-electron chi connectivity index (χ4n) is 2.96. The standard InChI is InChI=1S/C20H20N2OS/c1-13-3-6-15(7-4-13)8-10-19(23)22-20-17(12-21)16-9-5-14(2)11-18(16)24-20/h3-4,6-8,10,14H,5,9,11H2,1-2H3,(H,22,23). The molecule has 24 heavy (non-hydrogen) atoms. The molecule has 1 aromatic carbocycles. The molecular weight excluding hydrogens is 316 g/mol. The molecule has 2 aromatic rings. The summed E-state index contributed by atoms with van der Waals surface area (Å²) in [6.07, 6.45) is 6.36. The third kappa shape index (κ3) is 3.58. The summed E-state index contributed by atoms with van der Waals surface area (Å²) in [5.41, 5.74) is 3.96. The van der Waals surface area contributed by atoms with Crippen molar-refractivity contribution in [3.63, 3.8) is 0 Å². The van der Waals surface area contributed by atoms with E-state index in [0.29, 0.717) is 16.5 Å². The minimum Gasteiger partial charge on any atom is -0.313 e. The molecule has 1 amide bonds. The van der Waals surface area contributed by atoms with Gasteiger partial charge in [0, 0.05) is 11.0 Å². The molecule has 0 bridgehead atoms. The molecule has 1 aliphatic carbocycles. The van der Waals surface area contributed by atoms with Gasteiger partial charge in [-0.1, -0.05) is 36.8 Å². The molecule has 1 unspecified atom stereocenters. The number of amides is 1. The van der Waals surface area contributed by atoms with Gasteiger partial charge in [-0.05, 0) is 49.3 Å². The molecule has 0 saturated heterocycles. The van der Waals surface area contributed by atoms with Crippen molar-refractivity contribution in [2.24, 2.45) is 5.92 Å². The van der Waals surface area contributed by atoms with Crippen molar-refractivity contribution in [3.8, 4) is 6.07 Å². The molecule has 0 radical (unpaired) electrons. The van der Waals surface area contributed by atoms with Gasteiger partial charge in [0.25, 0.3) is 0 Å². The van der Waals surface area contributed by atoms with E-state index in [9.17, 15) is 10.1 Å². The van der Waals surface area contributed by atoms with Crippen LogP contribution in [0.3, 0.4) is 0 Å². The summed E-state index contributed by atoms with van der Waals surface area (Å²) in [7, 11) is 0. The van der Waals surface area contributed by atoms with Crippen LogP contribution in [-0.2, 0) is 17.6 Å². The number of carbonyl (C=O) groups is 1. The minimum atomic E-state index is -0.196. The van der Waals surface area contributed by atoms with Crippen LogP contribution in [0.25, 0.3) is 6.08 Å². The Morgan fingerprint density at radius 1 is 1.38 bits per heavy atom. The Hall–Kier alpha value is -2.38. The molecule has 1 aromatic heterocycles. The Morgan fingerprint density at radius 3 is 2.83 bits per heavy atom. The monoisotopic (exact) mass is 336 g/mol. The van der Waals surface area contributed by atoms with Crippen molar-refractivity contribution in [2.75, 3.05) is 5.32 Å². The molecule has 3 nitrogen and oxygen atoms in total. The number of nitrogens with zero attached hydrogens (tertiary/aromatic N) is 1. The zero-order chi connectivity index (χ0) is 17.1. The van der Waals surface area contributed by atoms with Gasteiger partial charge in [0.1, 0.15) is 11.1 Å². The van der Waals surface area contributed by atoms with Crippen LogP contribution >= 0.6 is 11.3 Å². The maximum absolute atomic E-state index is 12.2. The van der Waals surface area contributed by atoms with Crippen LogP contribution in [0.4, 0.5) is 5.00 Å². The first-order chi connectivity index (χ1) is 11.6. The van der Waals surface area contributed by atoms with Gasteiger partial charge >= 0.3 is 0 Å². The van der Waals surface area contributed by atoms with Crippen molar-refractivity contribution in [3.05, 3.63) is 57.5 Å². The van der Waals surface area contributed by atoms with Gasteiger partial charge < -0.3 is 5.32 Å². The average Bonchev–Trinajstić information content (AvgIpc) is 2.90. The summed E-state index contributed by atoms with van der Waals surface area (Å²) in [6.45, 7) is 4.26. The molecule has 0 saturated carbocycles. The lowest BCUT2D eigenvalue weighted by molar-refractivity contribution is -0.111. The second-order valence-electron chi connectivity index (χ2n) is 6.40. The van der Waals surface area contributed by atoms with E-state index in [0.717, 1.165) is 30.4 Å². The number of thiophene rings is 1. The zero-order valence-electron chi connectivity index (χ0n) is 13.9. The van der Waals surface area contributed by atoms with Gasteiger partial charge in [0.05, 0.1) is 5.56 Å². The van der Waals surface area contributed by atoms with Crippen LogP contribution in [0.1, 0.15) is 40.5 Å². The number of nitrogens with one attached hydrogen (secondary N) is 1. The predicted molar refractivity (Wildman–Crippen MR) is 99.1 cm³/mol. The highest BCUT2D eigenvalue weighted by Crippen LogP contribution is 2.39. The number of hydrogen-bond acceptors (Lipinski definition) is 3. The molecule has 122 valence electrons. The highest BCUT2D eigenvalue weighted by atomic mass is 32.1. The molecule has 3 rings (SSSR count). The van der Waals surface area contributed by atoms with Gasteiger partial charge in [0.2, 0.25) is 5.91 Å². The SMILES string of the molecule is Cc1ccc(C=CC(=O)Nc2sc3c(c2C#N)CCC(C)C3)cc1. The van der Waals surface area contributed by atoms with Gasteiger partial charge in [-0.3, -0.25) is 4.79 Å². The number of carbonyl (C=O) groups excluding carboxylic acids is 1. The van der Waals surface area contributed by atoms with Gasteiger partial charge in [0.15, 0.2) is 0 Å². The fraction of sp³-hybridized carbons (Fsp3) is 0.300. The summed E-state index contributed by atoms with van der Waals surface area (Å²) in [5.74, 6) is 0.450. The molecule has 4 heteroatoms. The van der Waals surface area contributed by atoms with Crippen LogP contribution in [0.5, 0.6) is 0 Å². The second-order valence-corrected chi connectivity index (χ2v) is 7.51.